The maximum atomic E-state index is 15.2. The SMILES string of the molecule is CC1=CCN(c2cccc(-c3c(F)cc(C(N)=O)c4[nH]c(C)c(C)c34)c2)C1=O. The summed E-state index contributed by atoms with van der Waals surface area (Å²) in [5.74, 6) is -1.27. The van der Waals surface area contributed by atoms with E-state index in [0.29, 0.717) is 39.8 Å². The number of hydrogen-bond acceptors (Lipinski definition) is 2. The topological polar surface area (TPSA) is 79.2 Å². The number of aryl methyl sites for hydroxylation is 2. The van der Waals surface area contributed by atoms with Gasteiger partial charge in [-0.05, 0) is 50.1 Å². The molecule has 142 valence electrons. The van der Waals surface area contributed by atoms with Gasteiger partial charge >= 0.3 is 0 Å². The first kappa shape index (κ1) is 18.0. The number of aromatic nitrogens is 1. The van der Waals surface area contributed by atoms with Gasteiger partial charge in [0.25, 0.3) is 11.8 Å². The number of anilines is 1. The zero-order chi connectivity index (χ0) is 20.2. The summed E-state index contributed by atoms with van der Waals surface area (Å²) in [5.41, 5.74) is 10.2. The number of rotatable bonds is 3. The number of benzene rings is 2. The molecule has 0 saturated carbocycles. The van der Waals surface area contributed by atoms with Gasteiger partial charge in [0, 0.05) is 34.4 Å². The second kappa shape index (κ2) is 6.34. The van der Waals surface area contributed by atoms with Crippen molar-refractivity contribution in [1.29, 1.82) is 0 Å². The molecule has 3 N–H and O–H groups in total. The molecule has 5 nitrogen and oxygen atoms in total. The molecule has 2 heterocycles. The average molecular weight is 377 g/mol. The van der Waals surface area contributed by atoms with Crippen molar-refractivity contribution in [2.45, 2.75) is 20.8 Å². The molecule has 0 spiro atoms. The number of hydrogen-bond donors (Lipinski definition) is 2. The lowest BCUT2D eigenvalue weighted by molar-refractivity contribution is -0.114. The minimum atomic E-state index is -0.685. The molecule has 0 bridgehead atoms. The van der Waals surface area contributed by atoms with Crippen molar-refractivity contribution in [1.82, 2.24) is 4.98 Å². The molecule has 0 atom stereocenters. The molecule has 0 saturated heterocycles. The van der Waals surface area contributed by atoms with Gasteiger partial charge < -0.3 is 15.6 Å². The number of H-pyrrole nitrogens is 1. The highest BCUT2D eigenvalue weighted by molar-refractivity contribution is 6.11. The quantitative estimate of drug-likeness (QED) is 0.724. The van der Waals surface area contributed by atoms with Crippen molar-refractivity contribution < 1.29 is 14.0 Å². The summed E-state index contributed by atoms with van der Waals surface area (Å²) in [4.78, 5) is 29.0. The molecule has 3 aromatic rings. The molecular weight excluding hydrogens is 357 g/mol. The summed E-state index contributed by atoms with van der Waals surface area (Å²) >= 11 is 0. The molecule has 0 aliphatic carbocycles. The fraction of sp³-hybridized carbons (Fsp3) is 0.182. The monoisotopic (exact) mass is 377 g/mol. The van der Waals surface area contributed by atoms with Gasteiger partial charge in [-0.2, -0.15) is 0 Å². The summed E-state index contributed by atoms with van der Waals surface area (Å²) in [5, 5.41) is 0.630. The average Bonchev–Trinajstić information content (AvgIpc) is 3.14. The highest BCUT2D eigenvalue weighted by Crippen LogP contribution is 2.38. The molecule has 6 heteroatoms. The number of halogens is 1. The number of nitrogens with zero attached hydrogens (tertiary/aromatic N) is 1. The second-order valence-corrected chi connectivity index (χ2v) is 7.12. The fourth-order valence-corrected chi connectivity index (χ4v) is 3.76. The summed E-state index contributed by atoms with van der Waals surface area (Å²) in [6.07, 6.45) is 1.87. The Bertz CT molecular complexity index is 1190. The maximum absolute atomic E-state index is 15.2. The molecule has 2 aromatic carbocycles. The molecule has 0 unspecified atom stereocenters. The van der Waals surface area contributed by atoms with Crippen molar-refractivity contribution in [3.05, 3.63) is 64.6 Å². The fourth-order valence-electron chi connectivity index (χ4n) is 3.76. The number of aromatic amines is 1. The summed E-state index contributed by atoms with van der Waals surface area (Å²) in [6.45, 7) is 6.03. The Labute approximate surface area is 161 Å². The maximum Gasteiger partial charge on any atom is 0.253 e. The van der Waals surface area contributed by atoms with Crippen LogP contribution in [-0.4, -0.2) is 23.3 Å². The van der Waals surface area contributed by atoms with Crippen molar-refractivity contribution in [3.63, 3.8) is 0 Å². The normalized spacial score (nSPS) is 14.1. The number of amides is 2. The Kier molecular flexibility index (Phi) is 4.07. The third-order valence-corrected chi connectivity index (χ3v) is 5.40. The van der Waals surface area contributed by atoms with Gasteiger partial charge in [-0.25, -0.2) is 4.39 Å². The standard InChI is InChI=1S/C22H20FN3O2/c1-11-7-8-26(22(11)28)15-6-4-5-14(9-15)19-17(23)10-16(21(24)27)20-18(19)12(2)13(3)25-20/h4-7,9-10,25H,8H2,1-3H3,(H2,24,27). The Morgan fingerprint density at radius 3 is 2.61 bits per heavy atom. The van der Waals surface area contributed by atoms with E-state index in [-0.39, 0.29) is 11.5 Å². The van der Waals surface area contributed by atoms with Crippen LogP contribution < -0.4 is 10.6 Å². The highest BCUT2D eigenvalue weighted by Gasteiger charge is 2.24. The molecule has 1 aliphatic rings. The van der Waals surface area contributed by atoms with Gasteiger partial charge in [0.05, 0.1) is 11.1 Å². The minimum absolute atomic E-state index is 0.0551. The van der Waals surface area contributed by atoms with Crippen molar-refractivity contribution in [2.75, 3.05) is 11.4 Å². The predicted molar refractivity (Wildman–Crippen MR) is 108 cm³/mol. The first-order valence-corrected chi connectivity index (χ1v) is 8.99. The van der Waals surface area contributed by atoms with E-state index in [2.05, 4.69) is 4.98 Å². The van der Waals surface area contributed by atoms with Gasteiger partial charge in [0.1, 0.15) is 5.82 Å². The van der Waals surface area contributed by atoms with E-state index in [4.69, 9.17) is 5.73 Å². The van der Waals surface area contributed by atoms with Crippen LogP contribution in [0.3, 0.4) is 0 Å². The van der Waals surface area contributed by atoms with Crippen LogP contribution in [-0.2, 0) is 4.79 Å². The molecule has 0 fully saturated rings. The van der Waals surface area contributed by atoms with Crippen LogP contribution in [0.1, 0.15) is 28.5 Å². The van der Waals surface area contributed by atoms with Crippen molar-refractivity contribution in [3.8, 4) is 11.1 Å². The lowest BCUT2D eigenvalue weighted by Gasteiger charge is -2.18. The Hall–Kier alpha value is -3.41. The van der Waals surface area contributed by atoms with E-state index in [9.17, 15) is 9.59 Å². The van der Waals surface area contributed by atoms with Crippen LogP contribution in [0, 0.1) is 19.7 Å². The lowest BCUT2D eigenvalue weighted by atomic mass is 9.95. The van der Waals surface area contributed by atoms with Gasteiger partial charge in [0.15, 0.2) is 0 Å². The Balaban J connectivity index is 1.95. The Morgan fingerprint density at radius 1 is 1.21 bits per heavy atom. The van der Waals surface area contributed by atoms with Gasteiger partial charge in [0.2, 0.25) is 0 Å². The van der Waals surface area contributed by atoms with E-state index in [1.54, 1.807) is 30.0 Å². The van der Waals surface area contributed by atoms with Crippen LogP contribution in [0.15, 0.2) is 42.0 Å². The number of carbonyl (C=O) groups excluding carboxylic acids is 2. The summed E-state index contributed by atoms with van der Waals surface area (Å²) in [7, 11) is 0. The van der Waals surface area contributed by atoms with Gasteiger partial charge in [-0.15, -0.1) is 0 Å². The number of nitrogens with one attached hydrogen (secondary N) is 1. The molecule has 1 aliphatic heterocycles. The summed E-state index contributed by atoms with van der Waals surface area (Å²) in [6, 6.07) is 8.40. The summed E-state index contributed by atoms with van der Waals surface area (Å²) < 4.78 is 15.2. The van der Waals surface area contributed by atoms with E-state index < -0.39 is 11.7 Å². The highest BCUT2D eigenvalue weighted by atomic mass is 19.1. The third kappa shape index (κ3) is 2.60. The minimum Gasteiger partial charge on any atom is -0.366 e. The van der Waals surface area contributed by atoms with Crippen LogP contribution in [0.25, 0.3) is 22.0 Å². The van der Waals surface area contributed by atoms with E-state index >= 15 is 4.39 Å². The molecule has 2 amide bonds. The second-order valence-electron chi connectivity index (χ2n) is 7.12. The third-order valence-electron chi connectivity index (χ3n) is 5.40. The zero-order valence-electron chi connectivity index (χ0n) is 15.9. The van der Waals surface area contributed by atoms with Crippen LogP contribution in [0.5, 0.6) is 0 Å². The van der Waals surface area contributed by atoms with E-state index in [0.717, 1.165) is 11.3 Å². The van der Waals surface area contributed by atoms with Crippen molar-refractivity contribution >= 4 is 28.4 Å². The number of carbonyl (C=O) groups is 2. The van der Waals surface area contributed by atoms with Crippen molar-refractivity contribution in [2.24, 2.45) is 5.73 Å². The molecule has 1 aromatic heterocycles. The smallest absolute Gasteiger partial charge is 0.253 e. The number of fused-ring (bicyclic) bond motifs is 1. The van der Waals surface area contributed by atoms with E-state index in [1.165, 1.54) is 6.07 Å². The lowest BCUT2D eigenvalue weighted by Crippen LogP contribution is -2.25. The molecule has 28 heavy (non-hydrogen) atoms. The van der Waals surface area contributed by atoms with Crippen LogP contribution >= 0.6 is 0 Å². The first-order valence-electron chi connectivity index (χ1n) is 8.99. The molecular formula is C22H20FN3O2. The predicted octanol–water partition coefficient (Wildman–Crippen LogP) is 3.98. The Morgan fingerprint density at radius 2 is 1.96 bits per heavy atom. The molecule has 0 radical (unpaired) electrons. The number of nitrogens with two attached hydrogens (primary N) is 1. The molecule has 4 rings (SSSR count). The zero-order valence-corrected chi connectivity index (χ0v) is 15.9. The van der Waals surface area contributed by atoms with Crippen LogP contribution in [0.4, 0.5) is 10.1 Å². The number of primary amides is 1. The van der Waals surface area contributed by atoms with Gasteiger partial charge in [-0.1, -0.05) is 18.2 Å². The van der Waals surface area contributed by atoms with Gasteiger partial charge in [-0.3, -0.25) is 9.59 Å². The largest absolute Gasteiger partial charge is 0.366 e. The van der Waals surface area contributed by atoms with E-state index in [1.807, 2.05) is 26.0 Å². The van der Waals surface area contributed by atoms with Crippen LogP contribution in [0.2, 0.25) is 0 Å². The first-order chi connectivity index (χ1) is 13.3.